The number of carbonyl (C=O) groups is 4. The Bertz CT molecular complexity index is 1330. The predicted octanol–water partition coefficient (Wildman–Crippen LogP) is 4.04. The third-order valence-electron chi connectivity index (χ3n) is 6.13. The molecule has 2 unspecified atom stereocenters. The topological polar surface area (TPSA) is 124 Å². The van der Waals surface area contributed by atoms with Crippen LogP contribution in [0.2, 0.25) is 0 Å². The van der Waals surface area contributed by atoms with E-state index in [2.05, 4.69) is 15.6 Å². The van der Waals surface area contributed by atoms with Crippen molar-refractivity contribution in [2.45, 2.75) is 27.1 Å². The number of carbonyl (C=O) groups excluding carboxylic acids is 4. The summed E-state index contributed by atoms with van der Waals surface area (Å²) >= 11 is 10.5. The van der Waals surface area contributed by atoms with E-state index >= 15 is 0 Å². The number of nitrogens with one attached hydrogen (secondary N) is 2. The SMILES string of the molecule is CC(C(=O)c1ccccc1)C(=S)NCC(=O)OCc1cccc(COC(=O)CNC(=S)C(C)C(=O)c2ccccc2)n1. The minimum absolute atomic E-state index is 0.100. The molecular formula is C31H31N3O6S2. The van der Waals surface area contributed by atoms with Crippen molar-refractivity contribution >= 4 is 57.9 Å². The van der Waals surface area contributed by atoms with Gasteiger partial charge in [-0.1, -0.05) is 91.2 Å². The standard InChI is InChI=1S/C31H31N3O6S2/c1-20(28(37)22-10-5-3-6-11-22)30(41)32-16-26(35)39-18-24-14-9-15-25(34-24)19-40-27(36)17-33-31(42)21(2)29(38)23-12-7-4-8-13-23/h3-15,20-21H,16-19H2,1-2H3,(H,32,41)(H,33,42). The molecule has 2 aromatic carbocycles. The summed E-state index contributed by atoms with van der Waals surface area (Å²) in [6.07, 6.45) is 0. The van der Waals surface area contributed by atoms with Gasteiger partial charge in [0.15, 0.2) is 11.6 Å². The van der Waals surface area contributed by atoms with Crippen LogP contribution >= 0.6 is 24.4 Å². The van der Waals surface area contributed by atoms with Gasteiger partial charge in [0, 0.05) is 11.1 Å². The number of ether oxygens (including phenoxy) is 2. The van der Waals surface area contributed by atoms with E-state index in [9.17, 15) is 19.2 Å². The Morgan fingerprint density at radius 3 is 1.40 bits per heavy atom. The molecule has 9 nitrogen and oxygen atoms in total. The molecular weight excluding hydrogens is 574 g/mol. The quantitative estimate of drug-likeness (QED) is 0.157. The lowest BCUT2D eigenvalue weighted by molar-refractivity contribution is -0.144. The molecule has 42 heavy (non-hydrogen) atoms. The highest BCUT2D eigenvalue weighted by Gasteiger charge is 2.21. The molecule has 2 N–H and O–H groups in total. The number of Topliss-reactive ketones (excluding diaryl/α,β-unsaturated/α-hetero) is 2. The van der Waals surface area contributed by atoms with Crippen molar-refractivity contribution in [1.82, 2.24) is 15.6 Å². The summed E-state index contributed by atoms with van der Waals surface area (Å²) in [6, 6.07) is 22.6. The van der Waals surface area contributed by atoms with Crippen LogP contribution in [-0.2, 0) is 32.3 Å². The molecule has 3 aromatic rings. The number of hydrogen-bond donors (Lipinski definition) is 2. The first kappa shape index (κ1) is 32.2. The number of esters is 2. The van der Waals surface area contributed by atoms with E-state index in [1.165, 1.54) is 0 Å². The fraction of sp³-hybridized carbons (Fsp3) is 0.258. The average Bonchev–Trinajstić information content (AvgIpc) is 3.03. The third kappa shape index (κ3) is 9.93. The van der Waals surface area contributed by atoms with Crippen molar-refractivity contribution < 1.29 is 28.7 Å². The Morgan fingerprint density at radius 1 is 0.643 bits per heavy atom. The highest BCUT2D eigenvalue weighted by atomic mass is 32.1. The molecule has 11 heteroatoms. The minimum atomic E-state index is -0.595. The number of pyridine rings is 1. The fourth-order valence-corrected chi connectivity index (χ4v) is 4.03. The van der Waals surface area contributed by atoms with Gasteiger partial charge in [0.05, 0.1) is 33.2 Å². The molecule has 218 valence electrons. The van der Waals surface area contributed by atoms with E-state index < -0.39 is 23.8 Å². The molecule has 0 fully saturated rings. The number of hydrogen-bond acceptors (Lipinski definition) is 9. The lowest BCUT2D eigenvalue weighted by Crippen LogP contribution is -2.36. The number of nitrogens with zero attached hydrogens (tertiary/aromatic N) is 1. The summed E-state index contributed by atoms with van der Waals surface area (Å²) in [5.74, 6) is -2.62. The summed E-state index contributed by atoms with van der Waals surface area (Å²) in [5, 5.41) is 5.56. The van der Waals surface area contributed by atoms with Crippen LogP contribution in [0.3, 0.4) is 0 Å². The van der Waals surface area contributed by atoms with Gasteiger partial charge >= 0.3 is 11.9 Å². The zero-order chi connectivity index (χ0) is 30.5. The fourth-order valence-electron chi connectivity index (χ4n) is 3.67. The Labute approximate surface area is 255 Å². The van der Waals surface area contributed by atoms with Crippen LogP contribution in [0.5, 0.6) is 0 Å². The molecule has 0 bridgehead atoms. The minimum Gasteiger partial charge on any atom is -0.458 e. The van der Waals surface area contributed by atoms with Crippen molar-refractivity contribution in [3.63, 3.8) is 0 Å². The van der Waals surface area contributed by atoms with Gasteiger partial charge in [0.1, 0.15) is 26.3 Å². The van der Waals surface area contributed by atoms with Gasteiger partial charge in [-0.25, -0.2) is 0 Å². The van der Waals surface area contributed by atoms with E-state index in [0.29, 0.717) is 22.5 Å². The molecule has 1 aromatic heterocycles. The van der Waals surface area contributed by atoms with E-state index in [4.69, 9.17) is 33.9 Å². The van der Waals surface area contributed by atoms with E-state index in [1.54, 1.807) is 80.6 Å². The van der Waals surface area contributed by atoms with Gasteiger partial charge < -0.3 is 20.1 Å². The highest BCUT2D eigenvalue weighted by Crippen LogP contribution is 2.11. The first-order chi connectivity index (χ1) is 20.2. The van der Waals surface area contributed by atoms with Gasteiger partial charge in [-0.3, -0.25) is 24.2 Å². The van der Waals surface area contributed by atoms with Crippen molar-refractivity contribution in [3.05, 3.63) is 101 Å². The average molecular weight is 606 g/mol. The van der Waals surface area contributed by atoms with Crippen LogP contribution in [0.4, 0.5) is 0 Å². The second kappa shape index (κ2) is 16.2. The molecule has 0 amide bonds. The maximum absolute atomic E-state index is 12.5. The number of rotatable bonds is 14. The first-order valence-electron chi connectivity index (χ1n) is 13.2. The van der Waals surface area contributed by atoms with E-state index in [1.807, 2.05) is 12.1 Å². The molecule has 1 heterocycles. The predicted molar refractivity (Wildman–Crippen MR) is 165 cm³/mol. The molecule has 2 atom stereocenters. The molecule has 0 radical (unpaired) electrons. The maximum Gasteiger partial charge on any atom is 0.325 e. The number of aromatic nitrogens is 1. The Hall–Kier alpha value is -4.35. The Kier molecular flexibility index (Phi) is 12.4. The number of thiocarbonyl (C=S) groups is 2. The van der Waals surface area contributed by atoms with Crippen LogP contribution in [0.15, 0.2) is 78.9 Å². The van der Waals surface area contributed by atoms with E-state index in [-0.39, 0.29) is 47.8 Å². The van der Waals surface area contributed by atoms with Gasteiger partial charge in [0.25, 0.3) is 0 Å². The molecule has 0 saturated carbocycles. The van der Waals surface area contributed by atoms with E-state index in [0.717, 1.165) is 0 Å². The summed E-state index contributed by atoms with van der Waals surface area (Å²) in [7, 11) is 0. The number of ketones is 2. The second-order valence-electron chi connectivity index (χ2n) is 9.28. The summed E-state index contributed by atoms with van der Waals surface area (Å²) in [5.41, 5.74) is 2.00. The molecule has 3 rings (SSSR count). The van der Waals surface area contributed by atoms with Gasteiger partial charge in [0.2, 0.25) is 0 Å². The monoisotopic (exact) mass is 605 g/mol. The Balaban J connectivity index is 1.37. The zero-order valence-corrected chi connectivity index (χ0v) is 24.8. The normalized spacial score (nSPS) is 11.9. The lowest BCUT2D eigenvalue weighted by Gasteiger charge is -2.14. The molecule has 0 aliphatic heterocycles. The molecule has 0 aliphatic rings. The van der Waals surface area contributed by atoms with Crippen molar-refractivity contribution in [3.8, 4) is 0 Å². The largest absolute Gasteiger partial charge is 0.458 e. The smallest absolute Gasteiger partial charge is 0.325 e. The number of benzene rings is 2. The van der Waals surface area contributed by atoms with Gasteiger partial charge in [-0.15, -0.1) is 0 Å². The van der Waals surface area contributed by atoms with Crippen LogP contribution in [0.25, 0.3) is 0 Å². The van der Waals surface area contributed by atoms with Crippen molar-refractivity contribution in [1.29, 1.82) is 0 Å². The highest BCUT2D eigenvalue weighted by molar-refractivity contribution is 7.80. The zero-order valence-electron chi connectivity index (χ0n) is 23.2. The lowest BCUT2D eigenvalue weighted by atomic mass is 9.99. The summed E-state index contributed by atoms with van der Waals surface area (Å²) in [4.78, 5) is 54.3. The molecule has 0 spiro atoms. The molecule has 0 saturated heterocycles. The van der Waals surface area contributed by atoms with Crippen molar-refractivity contribution in [2.75, 3.05) is 13.1 Å². The first-order valence-corrected chi connectivity index (χ1v) is 14.0. The van der Waals surface area contributed by atoms with Gasteiger partial charge in [-0.05, 0) is 26.0 Å². The van der Waals surface area contributed by atoms with Crippen LogP contribution in [-0.4, -0.2) is 51.6 Å². The maximum atomic E-state index is 12.5. The van der Waals surface area contributed by atoms with Crippen LogP contribution < -0.4 is 10.6 Å². The van der Waals surface area contributed by atoms with Crippen LogP contribution in [0, 0.1) is 11.8 Å². The summed E-state index contributed by atoms with van der Waals surface area (Å²) in [6.45, 7) is 2.75. The summed E-state index contributed by atoms with van der Waals surface area (Å²) < 4.78 is 10.5. The second-order valence-corrected chi connectivity index (χ2v) is 10.2. The Morgan fingerprint density at radius 2 is 1.02 bits per heavy atom. The van der Waals surface area contributed by atoms with Crippen molar-refractivity contribution in [2.24, 2.45) is 11.8 Å². The van der Waals surface area contributed by atoms with Crippen LogP contribution in [0.1, 0.15) is 46.0 Å². The molecule has 0 aliphatic carbocycles. The van der Waals surface area contributed by atoms with Gasteiger partial charge in [-0.2, -0.15) is 0 Å². The third-order valence-corrected chi connectivity index (χ3v) is 7.13.